The van der Waals surface area contributed by atoms with Crippen LogP contribution >= 0.6 is 35.6 Å². The average molecular weight is 452 g/mol. The zero-order valence-electron chi connectivity index (χ0n) is 15.4. The lowest BCUT2D eigenvalue weighted by Crippen LogP contribution is -2.30. The number of thioether (sulfide) groups is 1. The Labute approximate surface area is 176 Å². The molecule has 2 aromatic rings. The topological polar surface area (TPSA) is 40.4 Å². The molecule has 0 amide bonds. The lowest BCUT2D eigenvalue weighted by atomic mass is 10.2. The van der Waals surface area contributed by atoms with Crippen molar-refractivity contribution in [3.8, 4) is 0 Å². The van der Waals surface area contributed by atoms with Crippen LogP contribution in [0.1, 0.15) is 17.1 Å². The molecule has 2 rings (SSSR count). The highest BCUT2D eigenvalue weighted by atomic mass is 35.5. The van der Waals surface area contributed by atoms with Crippen molar-refractivity contribution in [1.29, 1.82) is 0 Å². The molecule has 28 heavy (non-hydrogen) atoms. The van der Waals surface area contributed by atoms with Crippen molar-refractivity contribution in [3.05, 3.63) is 52.4 Å². The van der Waals surface area contributed by atoms with E-state index < -0.39 is 11.7 Å². The van der Waals surface area contributed by atoms with E-state index in [4.69, 9.17) is 28.2 Å². The van der Waals surface area contributed by atoms with Gasteiger partial charge in [0, 0.05) is 18.0 Å². The van der Waals surface area contributed by atoms with Gasteiger partial charge in [0.05, 0.1) is 22.9 Å². The lowest BCUT2D eigenvalue weighted by Gasteiger charge is -2.13. The Morgan fingerprint density at radius 2 is 1.93 bits per heavy atom. The number of hydrogen-bond acceptors (Lipinski definition) is 4. The maximum Gasteiger partial charge on any atom is 0.417 e. The second-order valence-corrected chi connectivity index (χ2v) is 8.15. The number of alkyl halides is 3. The van der Waals surface area contributed by atoms with Gasteiger partial charge in [0.25, 0.3) is 0 Å². The molecule has 0 aliphatic rings. The molecule has 2 N–H and O–H groups in total. The number of anilines is 1. The number of nitrogens with zero attached hydrogens (tertiary/aromatic N) is 1. The van der Waals surface area contributed by atoms with Crippen LogP contribution in [0.15, 0.2) is 34.7 Å². The summed E-state index contributed by atoms with van der Waals surface area (Å²) >= 11 is 12.4. The summed E-state index contributed by atoms with van der Waals surface area (Å²) < 4.78 is 44.4. The maximum atomic E-state index is 12.9. The van der Waals surface area contributed by atoms with Crippen molar-refractivity contribution in [2.75, 3.05) is 31.7 Å². The quantitative estimate of drug-likeness (QED) is 0.423. The molecular weight excluding hydrogens is 431 g/mol. The van der Waals surface area contributed by atoms with E-state index in [1.54, 1.807) is 11.8 Å². The van der Waals surface area contributed by atoms with Gasteiger partial charge >= 0.3 is 6.18 Å². The molecule has 0 unspecified atom stereocenters. The van der Waals surface area contributed by atoms with Crippen molar-refractivity contribution in [2.45, 2.75) is 18.5 Å². The van der Waals surface area contributed by atoms with Gasteiger partial charge in [-0.05, 0) is 56.6 Å². The van der Waals surface area contributed by atoms with Crippen LogP contribution in [-0.2, 0) is 18.5 Å². The van der Waals surface area contributed by atoms with Gasteiger partial charge in [-0.25, -0.2) is 0 Å². The molecule has 0 saturated heterocycles. The molecule has 0 atom stereocenters. The molecule has 0 spiro atoms. The first-order chi connectivity index (χ1) is 13.1. The Kier molecular flexibility index (Phi) is 8.48. The predicted octanol–water partition coefficient (Wildman–Crippen LogP) is 5.23. The molecule has 1 aromatic heterocycles. The Balaban J connectivity index is 1.71. The molecule has 0 aliphatic carbocycles. The van der Waals surface area contributed by atoms with Crippen LogP contribution in [0.4, 0.5) is 18.9 Å². The van der Waals surface area contributed by atoms with Crippen LogP contribution in [0, 0.1) is 0 Å². The minimum absolute atomic E-state index is 0.228. The summed E-state index contributed by atoms with van der Waals surface area (Å²) in [6.45, 7) is 1.33. The largest absolute Gasteiger partial charge is 0.464 e. The van der Waals surface area contributed by atoms with E-state index in [1.165, 1.54) is 12.1 Å². The van der Waals surface area contributed by atoms with Gasteiger partial charge in [-0.1, -0.05) is 11.6 Å². The fourth-order valence-corrected chi connectivity index (χ4v) is 3.49. The number of thiocarbonyl (C=S) groups is 1. The minimum Gasteiger partial charge on any atom is -0.464 e. The SMILES string of the molecule is CN(C)Cc1ccc(CSCCNC(=S)Nc2ccc(Cl)c(C(F)(F)F)c2)o1. The van der Waals surface area contributed by atoms with E-state index >= 15 is 0 Å². The Morgan fingerprint density at radius 1 is 1.21 bits per heavy atom. The molecule has 0 radical (unpaired) electrons. The molecule has 0 saturated carbocycles. The van der Waals surface area contributed by atoms with Crippen LogP contribution in [0.25, 0.3) is 0 Å². The molecule has 1 aromatic carbocycles. The maximum absolute atomic E-state index is 12.9. The van der Waals surface area contributed by atoms with E-state index in [0.717, 1.165) is 35.6 Å². The third kappa shape index (κ3) is 7.54. The van der Waals surface area contributed by atoms with E-state index in [-0.39, 0.29) is 15.8 Å². The van der Waals surface area contributed by atoms with Gasteiger partial charge in [-0.15, -0.1) is 0 Å². The van der Waals surface area contributed by atoms with Crippen molar-refractivity contribution in [2.24, 2.45) is 0 Å². The number of furan rings is 1. The summed E-state index contributed by atoms with van der Waals surface area (Å²) in [4.78, 5) is 2.03. The fraction of sp³-hybridized carbons (Fsp3) is 0.389. The summed E-state index contributed by atoms with van der Waals surface area (Å²) in [5.74, 6) is 3.33. The van der Waals surface area contributed by atoms with Crippen molar-refractivity contribution in [1.82, 2.24) is 10.2 Å². The molecule has 4 nitrogen and oxygen atoms in total. The van der Waals surface area contributed by atoms with Crippen molar-refractivity contribution in [3.63, 3.8) is 0 Å². The first kappa shape index (κ1) is 22.9. The molecule has 0 aliphatic heterocycles. The highest BCUT2D eigenvalue weighted by Crippen LogP contribution is 2.36. The first-order valence-corrected chi connectivity index (χ1v) is 10.3. The Hall–Kier alpha value is -1.42. The van der Waals surface area contributed by atoms with E-state index in [2.05, 4.69) is 10.6 Å². The molecule has 154 valence electrons. The van der Waals surface area contributed by atoms with E-state index in [0.29, 0.717) is 6.54 Å². The van der Waals surface area contributed by atoms with E-state index in [1.807, 2.05) is 31.1 Å². The summed E-state index contributed by atoms with van der Waals surface area (Å²) in [5.41, 5.74) is -0.671. The highest BCUT2D eigenvalue weighted by molar-refractivity contribution is 7.98. The summed E-state index contributed by atoms with van der Waals surface area (Å²) in [7, 11) is 3.96. The van der Waals surface area contributed by atoms with E-state index in [9.17, 15) is 13.2 Å². The smallest absolute Gasteiger partial charge is 0.417 e. The van der Waals surface area contributed by atoms with Crippen LogP contribution in [0.2, 0.25) is 5.02 Å². The second kappa shape index (κ2) is 10.4. The minimum atomic E-state index is -4.52. The van der Waals surface area contributed by atoms with Crippen LogP contribution < -0.4 is 10.6 Å². The van der Waals surface area contributed by atoms with Crippen molar-refractivity contribution < 1.29 is 17.6 Å². The summed E-state index contributed by atoms with van der Waals surface area (Å²) in [6.07, 6.45) is -4.52. The Bertz CT molecular complexity index is 797. The third-order valence-electron chi connectivity index (χ3n) is 3.50. The number of halogens is 4. The van der Waals surface area contributed by atoms with Crippen LogP contribution in [0.3, 0.4) is 0 Å². The fourth-order valence-electron chi connectivity index (χ4n) is 2.30. The zero-order chi connectivity index (χ0) is 20.7. The molecular formula is C18H21ClF3N3OS2. The first-order valence-electron chi connectivity index (χ1n) is 8.37. The molecule has 0 fully saturated rings. The third-order valence-corrected chi connectivity index (χ3v) is 5.05. The summed E-state index contributed by atoms with van der Waals surface area (Å²) in [5, 5.41) is 5.62. The number of hydrogen-bond donors (Lipinski definition) is 2. The van der Waals surface area contributed by atoms with Gasteiger partial charge < -0.3 is 20.0 Å². The average Bonchev–Trinajstić information content (AvgIpc) is 3.02. The van der Waals surface area contributed by atoms with Gasteiger partial charge in [0.15, 0.2) is 5.11 Å². The molecule has 10 heteroatoms. The standard InChI is InChI=1S/C18H21ClF3N3OS2/c1-25(2)10-13-4-5-14(26-13)11-28-8-7-23-17(27)24-12-3-6-16(19)15(9-12)18(20,21)22/h3-6,9H,7-8,10-11H2,1-2H3,(H2,23,24,27). The predicted molar refractivity (Wildman–Crippen MR) is 113 cm³/mol. The van der Waals surface area contributed by atoms with Gasteiger partial charge in [0.2, 0.25) is 0 Å². The summed E-state index contributed by atoms with van der Waals surface area (Å²) in [6, 6.07) is 7.51. The van der Waals surface area contributed by atoms with Gasteiger partial charge in [-0.2, -0.15) is 24.9 Å². The van der Waals surface area contributed by atoms with Crippen LogP contribution in [0.5, 0.6) is 0 Å². The Morgan fingerprint density at radius 3 is 2.61 bits per heavy atom. The lowest BCUT2D eigenvalue weighted by molar-refractivity contribution is -0.137. The molecule has 1 heterocycles. The number of rotatable bonds is 8. The number of benzene rings is 1. The monoisotopic (exact) mass is 451 g/mol. The zero-order valence-corrected chi connectivity index (χ0v) is 17.8. The van der Waals surface area contributed by atoms with Crippen LogP contribution in [-0.4, -0.2) is 36.4 Å². The van der Waals surface area contributed by atoms with Gasteiger partial charge in [0.1, 0.15) is 11.5 Å². The normalized spacial score (nSPS) is 11.7. The highest BCUT2D eigenvalue weighted by Gasteiger charge is 2.33. The second-order valence-electron chi connectivity index (χ2n) is 6.23. The number of nitrogens with one attached hydrogen (secondary N) is 2. The van der Waals surface area contributed by atoms with Crippen molar-refractivity contribution >= 4 is 46.4 Å². The van der Waals surface area contributed by atoms with Gasteiger partial charge in [-0.3, -0.25) is 0 Å². The molecule has 0 bridgehead atoms.